The number of likely N-dealkylation sites (N-methyl/N-ethyl adjacent to an activating group) is 1. The normalized spacial score (nSPS) is 26.4. The molecule has 1 atom stereocenters. The lowest BCUT2D eigenvalue weighted by atomic mass is 9.85. The Labute approximate surface area is 121 Å². The largest absolute Gasteiger partial charge is 0.315 e. The van der Waals surface area contributed by atoms with Gasteiger partial charge in [0.05, 0.1) is 0 Å². The molecule has 0 amide bonds. The van der Waals surface area contributed by atoms with Crippen LogP contribution in [0.4, 0.5) is 0 Å². The number of hydrogen-bond donors (Lipinski definition) is 1. The highest BCUT2D eigenvalue weighted by atomic mass is 15.2. The van der Waals surface area contributed by atoms with Crippen molar-refractivity contribution >= 4 is 0 Å². The molecule has 0 aromatic heterocycles. The molecular weight excluding hydrogens is 232 g/mol. The lowest BCUT2D eigenvalue weighted by Gasteiger charge is -2.40. The van der Waals surface area contributed by atoms with E-state index in [0.29, 0.717) is 6.04 Å². The third-order valence-corrected chi connectivity index (χ3v) is 4.76. The van der Waals surface area contributed by atoms with Crippen LogP contribution >= 0.6 is 0 Å². The summed E-state index contributed by atoms with van der Waals surface area (Å²) in [6.07, 6.45) is 5.62. The highest BCUT2D eigenvalue weighted by Crippen LogP contribution is 2.28. The maximum atomic E-state index is 3.65. The molecule has 1 saturated carbocycles. The van der Waals surface area contributed by atoms with E-state index in [2.05, 4.69) is 51.9 Å². The lowest BCUT2D eigenvalue weighted by molar-refractivity contribution is 0.0958. The van der Waals surface area contributed by atoms with Crippen LogP contribution in [0.1, 0.15) is 60.3 Å². The summed E-state index contributed by atoms with van der Waals surface area (Å²) in [4.78, 5) is 2.67. The molecule has 1 aliphatic carbocycles. The van der Waals surface area contributed by atoms with E-state index in [1.165, 1.54) is 25.7 Å². The summed E-state index contributed by atoms with van der Waals surface area (Å²) in [6.45, 7) is 14.0. The minimum Gasteiger partial charge on any atom is -0.315 e. The highest BCUT2D eigenvalue weighted by Gasteiger charge is 2.27. The third-order valence-electron chi connectivity index (χ3n) is 4.76. The summed E-state index contributed by atoms with van der Waals surface area (Å²) in [5.74, 6) is 2.42. The monoisotopic (exact) mass is 268 g/mol. The molecule has 114 valence electrons. The van der Waals surface area contributed by atoms with Crippen molar-refractivity contribution in [3.8, 4) is 0 Å². The standard InChI is InChI=1S/C17H36N2/c1-13(2)11-18-12-17(14(3)4)19(6)16-9-7-15(5)8-10-16/h13-18H,7-12H2,1-6H3. The molecule has 2 heteroatoms. The zero-order valence-electron chi connectivity index (χ0n) is 14.1. The van der Waals surface area contributed by atoms with Crippen molar-refractivity contribution in [3.63, 3.8) is 0 Å². The van der Waals surface area contributed by atoms with Gasteiger partial charge in [0, 0.05) is 18.6 Å². The second-order valence-corrected chi connectivity index (χ2v) is 7.44. The third kappa shape index (κ3) is 5.83. The second-order valence-electron chi connectivity index (χ2n) is 7.44. The molecule has 0 saturated heterocycles. The van der Waals surface area contributed by atoms with Crippen molar-refractivity contribution in [1.29, 1.82) is 0 Å². The second kappa shape index (κ2) is 8.26. The Morgan fingerprint density at radius 3 is 2.05 bits per heavy atom. The molecule has 0 bridgehead atoms. The Kier molecular flexibility index (Phi) is 7.38. The van der Waals surface area contributed by atoms with Crippen molar-refractivity contribution in [2.45, 2.75) is 72.4 Å². The van der Waals surface area contributed by atoms with E-state index in [-0.39, 0.29) is 0 Å². The fourth-order valence-corrected chi connectivity index (χ4v) is 3.29. The fraction of sp³-hybridized carbons (Fsp3) is 1.00. The van der Waals surface area contributed by atoms with Gasteiger partial charge in [-0.1, -0.05) is 34.6 Å². The van der Waals surface area contributed by atoms with Gasteiger partial charge in [-0.3, -0.25) is 4.90 Å². The number of nitrogens with zero attached hydrogens (tertiary/aromatic N) is 1. The Bertz CT molecular complexity index is 229. The van der Waals surface area contributed by atoms with Gasteiger partial charge < -0.3 is 5.32 Å². The molecule has 0 spiro atoms. The van der Waals surface area contributed by atoms with Crippen LogP contribution in [0.2, 0.25) is 0 Å². The molecule has 2 nitrogen and oxygen atoms in total. The maximum absolute atomic E-state index is 3.65. The van der Waals surface area contributed by atoms with Gasteiger partial charge in [0.25, 0.3) is 0 Å². The quantitative estimate of drug-likeness (QED) is 0.756. The van der Waals surface area contributed by atoms with Gasteiger partial charge >= 0.3 is 0 Å². The Morgan fingerprint density at radius 2 is 1.58 bits per heavy atom. The molecule has 1 N–H and O–H groups in total. The summed E-state index contributed by atoms with van der Waals surface area (Å²) < 4.78 is 0. The predicted octanol–water partition coefficient (Wildman–Crippen LogP) is 3.77. The first kappa shape index (κ1) is 17.0. The summed E-state index contributed by atoms with van der Waals surface area (Å²) in [6, 6.07) is 1.49. The molecule has 0 heterocycles. The SMILES string of the molecule is CC(C)CNCC(C(C)C)N(C)C1CCC(C)CC1. The van der Waals surface area contributed by atoms with Crippen LogP contribution < -0.4 is 5.32 Å². The van der Waals surface area contributed by atoms with E-state index in [0.717, 1.165) is 36.9 Å². The number of hydrogen-bond acceptors (Lipinski definition) is 2. The van der Waals surface area contributed by atoms with Gasteiger partial charge in [-0.15, -0.1) is 0 Å². The average molecular weight is 268 g/mol. The molecule has 0 aromatic carbocycles. The van der Waals surface area contributed by atoms with E-state index in [9.17, 15) is 0 Å². The van der Waals surface area contributed by atoms with E-state index < -0.39 is 0 Å². The summed E-state index contributed by atoms with van der Waals surface area (Å²) >= 11 is 0. The molecule has 1 aliphatic rings. The van der Waals surface area contributed by atoms with Crippen LogP contribution in [0.3, 0.4) is 0 Å². The molecule has 1 rings (SSSR count). The zero-order valence-corrected chi connectivity index (χ0v) is 14.1. The smallest absolute Gasteiger partial charge is 0.0243 e. The van der Waals surface area contributed by atoms with Gasteiger partial charge in [0.2, 0.25) is 0 Å². The molecule has 1 unspecified atom stereocenters. The zero-order chi connectivity index (χ0) is 14.4. The van der Waals surface area contributed by atoms with E-state index in [1.54, 1.807) is 0 Å². The molecule has 19 heavy (non-hydrogen) atoms. The Hall–Kier alpha value is -0.0800. The van der Waals surface area contributed by atoms with Crippen molar-refractivity contribution in [1.82, 2.24) is 10.2 Å². The fourth-order valence-electron chi connectivity index (χ4n) is 3.29. The molecule has 0 radical (unpaired) electrons. The van der Waals surface area contributed by atoms with Crippen molar-refractivity contribution < 1.29 is 0 Å². The summed E-state index contributed by atoms with van der Waals surface area (Å²) in [5, 5.41) is 3.65. The van der Waals surface area contributed by atoms with Crippen LogP contribution in [0, 0.1) is 17.8 Å². The van der Waals surface area contributed by atoms with E-state index in [4.69, 9.17) is 0 Å². The first-order valence-corrected chi connectivity index (χ1v) is 8.34. The van der Waals surface area contributed by atoms with Gasteiger partial charge in [0.1, 0.15) is 0 Å². The van der Waals surface area contributed by atoms with E-state index >= 15 is 0 Å². The van der Waals surface area contributed by atoms with Gasteiger partial charge in [-0.25, -0.2) is 0 Å². The van der Waals surface area contributed by atoms with E-state index in [1.807, 2.05) is 0 Å². The van der Waals surface area contributed by atoms with Crippen LogP contribution in [-0.2, 0) is 0 Å². The van der Waals surface area contributed by atoms with Crippen LogP contribution in [-0.4, -0.2) is 37.1 Å². The molecule has 1 fully saturated rings. The Morgan fingerprint density at radius 1 is 1.00 bits per heavy atom. The predicted molar refractivity (Wildman–Crippen MR) is 85.5 cm³/mol. The maximum Gasteiger partial charge on any atom is 0.0243 e. The van der Waals surface area contributed by atoms with Crippen molar-refractivity contribution in [3.05, 3.63) is 0 Å². The summed E-state index contributed by atoms with van der Waals surface area (Å²) in [7, 11) is 2.35. The lowest BCUT2D eigenvalue weighted by Crippen LogP contribution is -2.49. The molecule has 0 aliphatic heterocycles. The van der Waals surface area contributed by atoms with Gasteiger partial charge in [-0.05, 0) is 57.0 Å². The van der Waals surface area contributed by atoms with Gasteiger partial charge in [0.15, 0.2) is 0 Å². The molecular formula is C17H36N2. The summed E-state index contributed by atoms with van der Waals surface area (Å²) in [5.41, 5.74) is 0. The first-order valence-electron chi connectivity index (χ1n) is 8.34. The minimum absolute atomic E-state index is 0.678. The Balaban J connectivity index is 2.45. The first-order chi connectivity index (χ1) is 8.91. The topological polar surface area (TPSA) is 15.3 Å². The van der Waals surface area contributed by atoms with Gasteiger partial charge in [-0.2, -0.15) is 0 Å². The number of nitrogens with one attached hydrogen (secondary N) is 1. The number of rotatable bonds is 7. The molecule has 0 aromatic rings. The highest BCUT2D eigenvalue weighted by molar-refractivity contribution is 4.83. The van der Waals surface area contributed by atoms with Crippen LogP contribution in [0.25, 0.3) is 0 Å². The minimum atomic E-state index is 0.678. The van der Waals surface area contributed by atoms with Crippen molar-refractivity contribution in [2.75, 3.05) is 20.1 Å². The average Bonchev–Trinajstić information content (AvgIpc) is 2.34. The van der Waals surface area contributed by atoms with Crippen LogP contribution in [0.5, 0.6) is 0 Å². The van der Waals surface area contributed by atoms with Crippen LogP contribution in [0.15, 0.2) is 0 Å². The van der Waals surface area contributed by atoms with Crippen molar-refractivity contribution in [2.24, 2.45) is 17.8 Å².